The minimum atomic E-state index is -0.876. The molecule has 166 valence electrons. The minimum Gasteiger partial charge on any atom is -0.507 e. The molecule has 1 N–H and O–H groups in total. The summed E-state index contributed by atoms with van der Waals surface area (Å²) in [5.74, 6) is -1.31. The molecule has 0 saturated carbocycles. The van der Waals surface area contributed by atoms with Crippen LogP contribution in [-0.2, 0) is 16.1 Å². The van der Waals surface area contributed by atoms with E-state index in [1.807, 2.05) is 30.3 Å². The van der Waals surface area contributed by atoms with E-state index in [0.717, 1.165) is 5.56 Å². The maximum absolute atomic E-state index is 13.6. The number of ketones is 1. The van der Waals surface area contributed by atoms with Gasteiger partial charge in [0.15, 0.2) is 11.5 Å². The van der Waals surface area contributed by atoms with Crippen LogP contribution in [0.1, 0.15) is 22.7 Å². The predicted octanol–water partition coefficient (Wildman–Crippen LogP) is 4.22. The molecular weight excluding hydrogens is 425 g/mol. The molecular formula is C26H20FNO5. The SMILES string of the molecule is O=C1C(=O)N(Cc2ccccc2)[C@@H](c2ccc(F)cc2)/C1=C(\O)c1ccc2c(c1)OCCO2. The molecule has 2 aliphatic heterocycles. The van der Waals surface area contributed by atoms with Gasteiger partial charge in [-0.25, -0.2) is 4.39 Å². The third-order valence-corrected chi connectivity index (χ3v) is 5.74. The van der Waals surface area contributed by atoms with Crippen LogP contribution in [0, 0.1) is 5.82 Å². The molecule has 0 aromatic heterocycles. The van der Waals surface area contributed by atoms with E-state index in [1.54, 1.807) is 18.2 Å². The standard InChI is InChI=1S/C26H20FNO5/c27-19-9-6-17(7-10-19)23-22(24(29)18-8-11-20-21(14-18)33-13-12-32-20)25(30)26(31)28(23)15-16-4-2-1-3-5-16/h1-11,14,23,29H,12-13,15H2/b24-22+/t23-/m0/s1. The number of carbonyl (C=O) groups is 2. The molecule has 3 aromatic rings. The van der Waals surface area contributed by atoms with Crippen LogP contribution >= 0.6 is 0 Å². The highest BCUT2D eigenvalue weighted by atomic mass is 19.1. The highest BCUT2D eigenvalue weighted by Gasteiger charge is 2.46. The van der Waals surface area contributed by atoms with E-state index in [2.05, 4.69) is 0 Å². The number of Topliss-reactive ketones (excluding diaryl/α,β-unsaturated/α-hetero) is 1. The van der Waals surface area contributed by atoms with Crippen molar-refractivity contribution in [2.75, 3.05) is 13.2 Å². The Morgan fingerprint density at radius 2 is 1.64 bits per heavy atom. The number of aliphatic hydroxyl groups excluding tert-OH is 1. The number of aliphatic hydroxyl groups is 1. The highest BCUT2D eigenvalue weighted by Crippen LogP contribution is 2.41. The fourth-order valence-corrected chi connectivity index (χ4v) is 4.16. The molecule has 3 aromatic carbocycles. The molecule has 1 amide bonds. The second kappa shape index (κ2) is 8.43. The quantitative estimate of drug-likeness (QED) is 0.370. The molecule has 1 fully saturated rings. The predicted molar refractivity (Wildman–Crippen MR) is 118 cm³/mol. The molecule has 0 unspecified atom stereocenters. The fraction of sp³-hybridized carbons (Fsp3) is 0.154. The van der Waals surface area contributed by atoms with Crippen molar-refractivity contribution in [2.24, 2.45) is 0 Å². The van der Waals surface area contributed by atoms with E-state index in [-0.39, 0.29) is 17.9 Å². The van der Waals surface area contributed by atoms with Gasteiger partial charge in [-0.1, -0.05) is 42.5 Å². The average Bonchev–Trinajstić information content (AvgIpc) is 3.09. The topological polar surface area (TPSA) is 76.1 Å². The summed E-state index contributed by atoms with van der Waals surface area (Å²) >= 11 is 0. The summed E-state index contributed by atoms with van der Waals surface area (Å²) in [7, 11) is 0. The van der Waals surface area contributed by atoms with Crippen molar-refractivity contribution in [1.29, 1.82) is 0 Å². The van der Waals surface area contributed by atoms with Crippen LogP contribution in [-0.4, -0.2) is 34.9 Å². The van der Waals surface area contributed by atoms with Crippen LogP contribution in [0.2, 0.25) is 0 Å². The van der Waals surface area contributed by atoms with Gasteiger partial charge in [-0.05, 0) is 41.5 Å². The summed E-state index contributed by atoms with van der Waals surface area (Å²) in [6.07, 6.45) is 0. The van der Waals surface area contributed by atoms with Crippen molar-refractivity contribution >= 4 is 17.4 Å². The third kappa shape index (κ3) is 3.82. The molecule has 6 nitrogen and oxygen atoms in total. The van der Waals surface area contributed by atoms with E-state index in [0.29, 0.717) is 35.8 Å². The second-order valence-electron chi connectivity index (χ2n) is 7.82. The van der Waals surface area contributed by atoms with Gasteiger partial charge in [0.2, 0.25) is 0 Å². The average molecular weight is 445 g/mol. The molecule has 5 rings (SSSR count). The molecule has 7 heteroatoms. The Kier molecular flexibility index (Phi) is 5.30. The van der Waals surface area contributed by atoms with Crippen LogP contribution in [0.15, 0.2) is 78.4 Å². The van der Waals surface area contributed by atoms with E-state index in [4.69, 9.17) is 9.47 Å². The number of carbonyl (C=O) groups excluding carboxylic acids is 2. The van der Waals surface area contributed by atoms with Gasteiger partial charge >= 0.3 is 0 Å². The fourth-order valence-electron chi connectivity index (χ4n) is 4.16. The number of nitrogens with zero attached hydrogens (tertiary/aromatic N) is 1. The first-order chi connectivity index (χ1) is 16.0. The molecule has 1 saturated heterocycles. The van der Waals surface area contributed by atoms with Crippen molar-refractivity contribution in [3.63, 3.8) is 0 Å². The second-order valence-corrected chi connectivity index (χ2v) is 7.82. The first kappa shape index (κ1) is 20.8. The molecule has 2 aliphatic rings. The van der Waals surface area contributed by atoms with E-state index >= 15 is 0 Å². The largest absolute Gasteiger partial charge is 0.507 e. The van der Waals surface area contributed by atoms with Gasteiger partial charge in [0, 0.05) is 12.1 Å². The zero-order valence-electron chi connectivity index (χ0n) is 17.5. The number of hydrogen-bond donors (Lipinski definition) is 1. The summed E-state index contributed by atoms with van der Waals surface area (Å²) in [5.41, 5.74) is 1.61. The Labute approximate surface area is 189 Å². The van der Waals surface area contributed by atoms with Crippen molar-refractivity contribution in [3.05, 3.63) is 101 Å². The maximum atomic E-state index is 13.6. The number of benzene rings is 3. The molecule has 33 heavy (non-hydrogen) atoms. The van der Waals surface area contributed by atoms with Crippen molar-refractivity contribution in [3.8, 4) is 11.5 Å². The van der Waals surface area contributed by atoms with Crippen LogP contribution in [0.5, 0.6) is 11.5 Å². The lowest BCUT2D eigenvalue weighted by Gasteiger charge is -2.25. The number of amides is 1. The minimum absolute atomic E-state index is 0.0563. The number of likely N-dealkylation sites (tertiary alicyclic amines) is 1. The smallest absolute Gasteiger partial charge is 0.295 e. The lowest BCUT2D eigenvalue weighted by Crippen LogP contribution is -2.29. The van der Waals surface area contributed by atoms with E-state index in [9.17, 15) is 19.1 Å². The van der Waals surface area contributed by atoms with Gasteiger partial charge in [0.05, 0.1) is 11.6 Å². The van der Waals surface area contributed by atoms with Gasteiger partial charge in [0.1, 0.15) is 24.8 Å². The van der Waals surface area contributed by atoms with Gasteiger partial charge in [0.25, 0.3) is 11.7 Å². The Balaban J connectivity index is 1.63. The molecule has 2 heterocycles. The molecule has 0 radical (unpaired) electrons. The number of ether oxygens (including phenoxy) is 2. The Morgan fingerprint density at radius 1 is 0.939 bits per heavy atom. The Morgan fingerprint density at radius 3 is 2.36 bits per heavy atom. The molecule has 1 atom stereocenters. The van der Waals surface area contributed by atoms with Gasteiger partial charge < -0.3 is 19.5 Å². The zero-order valence-corrected chi connectivity index (χ0v) is 17.5. The van der Waals surface area contributed by atoms with Gasteiger partial charge in [-0.3, -0.25) is 9.59 Å². The summed E-state index contributed by atoms with van der Waals surface area (Å²) < 4.78 is 24.7. The van der Waals surface area contributed by atoms with Crippen LogP contribution in [0.4, 0.5) is 4.39 Å². The lowest BCUT2D eigenvalue weighted by molar-refractivity contribution is -0.140. The van der Waals surface area contributed by atoms with Crippen molar-refractivity contribution in [2.45, 2.75) is 12.6 Å². The normalized spacial score (nSPS) is 19.1. The van der Waals surface area contributed by atoms with Crippen LogP contribution in [0.25, 0.3) is 5.76 Å². The van der Waals surface area contributed by atoms with E-state index < -0.39 is 23.5 Å². The zero-order chi connectivity index (χ0) is 22.9. The number of halogens is 1. The first-order valence-corrected chi connectivity index (χ1v) is 10.5. The Bertz CT molecular complexity index is 1250. The van der Waals surface area contributed by atoms with Crippen molar-refractivity contribution in [1.82, 2.24) is 4.90 Å². The van der Waals surface area contributed by atoms with Gasteiger partial charge in [-0.2, -0.15) is 0 Å². The Hall–Kier alpha value is -4.13. The van der Waals surface area contributed by atoms with Gasteiger partial charge in [-0.15, -0.1) is 0 Å². The lowest BCUT2D eigenvalue weighted by atomic mass is 9.95. The molecule has 0 bridgehead atoms. The molecule has 0 spiro atoms. The summed E-state index contributed by atoms with van der Waals surface area (Å²) in [4.78, 5) is 27.6. The van der Waals surface area contributed by atoms with Crippen LogP contribution in [0.3, 0.4) is 0 Å². The third-order valence-electron chi connectivity index (χ3n) is 5.74. The molecule has 0 aliphatic carbocycles. The van der Waals surface area contributed by atoms with Crippen molar-refractivity contribution < 1.29 is 28.6 Å². The highest BCUT2D eigenvalue weighted by molar-refractivity contribution is 6.46. The maximum Gasteiger partial charge on any atom is 0.295 e. The number of hydrogen-bond acceptors (Lipinski definition) is 5. The van der Waals surface area contributed by atoms with Crippen LogP contribution < -0.4 is 9.47 Å². The monoisotopic (exact) mass is 445 g/mol. The number of fused-ring (bicyclic) bond motifs is 1. The summed E-state index contributed by atoms with van der Waals surface area (Å²) in [5, 5.41) is 11.2. The number of rotatable bonds is 4. The first-order valence-electron chi connectivity index (χ1n) is 10.5. The van der Waals surface area contributed by atoms with E-state index in [1.165, 1.54) is 29.2 Å². The summed E-state index contributed by atoms with van der Waals surface area (Å²) in [6, 6.07) is 18.8. The summed E-state index contributed by atoms with van der Waals surface area (Å²) in [6.45, 7) is 0.952.